The molecule has 18 unspecified atom stereocenters. The summed E-state index contributed by atoms with van der Waals surface area (Å²) in [7, 11) is -5.70. The molecule has 0 amide bonds. The lowest BCUT2D eigenvalue weighted by atomic mass is 9.84. The number of hydrogen-bond acceptors (Lipinski definition) is 23. The second-order valence-electron chi connectivity index (χ2n) is 27.4. The minimum Gasteiger partial charge on any atom is -0.463 e. The maximum Gasteiger partial charge on any atom is 0.472 e. The summed E-state index contributed by atoms with van der Waals surface area (Å²) in [6.45, 7) is 3.42. The van der Waals surface area contributed by atoms with E-state index in [0.717, 1.165) is 109 Å². The number of hydrogen-bond donors (Lipinski definition) is 11. The molecule has 2 aliphatic heterocycles. The fourth-order valence-electron chi connectivity index (χ4n) is 12.5. The molecule has 18 atom stereocenters. The van der Waals surface area contributed by atoms with E-state index in [9.17, 15) is 74.9 Å². The second-order valence-corrected chi connectivity index (χ2v) is 28.8. The zero-order valence-corrected chi connectivity index (χ0v) is 60.7. The lowest BCUT2D eigenvalue weighted by molar-refractivity contribution is -0.360. The van der Waals surface area contributed by atoms with Crippen molar-refractivity contribution in [2.75, 3.05) is 26.4 Å². The molecule has 0 radical (unpaired) electrons. The topological polar surface area (TPSA) is 374 Å². The highest BCUT2D eigenvalue weighted by atomic mass is 31.2. The summed E-state index contributed by atoms with van der Waals surface area (Å²) >= 11 is 0. The smallest absolute Gasteiger partial charge is 0.463 e. The molecule has 3 rings (SSSR count). The summed E-state index contributed by atoms with van der Waals surface area (Å²) in [6.07, 6.45) is 15.3. The van der Waals surface area contributed by atoms with Gasteiger partial charge in [0, 0.05) is 19.3 Å². The first-order chi connectivity index (χ1) is 47.3. The lowest BCUT2D eigenvalue weighted by Gasteiger charge is -2.49. The number of allylic oxidation sites excluding steroid dienone is 4. The molecule has 0 aromatic rings. The SMILES string of the molecule is CCCCCC/C=C\CCCCCCCCCC(=O)OCC1OC(OC2C(O)C(O)C(O)C(OC3OC(CO)C(O)C(O)C3O)C2OP(=O)(O)OCC(COC(=O)CCCCCCCCCCCCCCCCC)OC(=O)CCCCC/C=C\CCCCCCCC)C(O)C(O)C1O. The molecule has 0 aromatic carbocycles. The summed E-state index contributed by atoms with van der Waals surface area (Å²) in [5, 5.41) is 110. The number of phosphoric acid groups is 1. The maximum absolute atomic E-state index is 14.3. The van der Waals surface area contributed by atoms with E-state index in [4.69, 9.17) is 42.2 Å². The van der Waals surface area contributed by atoms with E-state index >= 15 is 0 Å². The van der Waals surface area contributed by atoms with Crippen LogP contribution in [0.2, 0.25) is 0 Å². The van der Waals surface area contributed by atoms with E-state index in [0.29, 0.717) is 25.7 Å². The Balaban J connectivity index is 1.73. The molecule has 24 nitrogen and oxygen atoms in total. The van der Waals surface area contributed by atoms with Crippen LogP contribution >= 0.6 is 7.82 Å². The van der Waals surface area contributed by atoms with Crippen LogP contribution in [0.3, 0.4) is 0 Å². The largest absolute Gasteiger partial charge is 0.472 e. The second kappa shape index (κ2) is 55.0. The Hall–Kier alpha value is -2.56. The predicted octanol–water partition coefficient (Wildman–Crippen LogP) is 10.5. The Morgan fingerprint density at radius 2 is 0.714 bits per heavy atom. The van der Waals surface area contributed by atoms with Gasteiger partial charge in [-0.05, 0) is 70.6 Å². The van der Waals surface area contributed by atoms with E-state index in [1.165, 1.54) is 116 Å². The third-order valence-corrected chi connectivity index (χ3v) is 19.7. The van der Waals surface area contributed by atoms with E-state index < -0.39 is 156 Å². The van der Waals surface area contributed by atoms with Gasteiger partial charge < -0.3 is 89.1 Å². The zero-order chi connectivity index (χ0) is 71.8. The number of carbonyl (C=O) groups is 3. The molecule has 0 aromatic heterocycles. The van der Waals surface area contributed by atoms with Gasteiger partial charge >= 0.3 is 25.7 Å². The highest BCUT2D eigenvalue weighted by molar-refractivity contribution is 7.47. The minimum absolute atomic E-state index is 0.0230. The van der Waals surface area contributed by atoms with Crippen LogP contribution in [0.5, 0.6) is 0 Å². The van der Waals surface area contributed by atoms with Gasteiger partial charge in [0.05, 0.1) is 13.2 Å². The predicted molar refractivity (Wildman–Crippen MR) is 370 cm³/mol. The Bertz CT molecular complexity index is 2120. The van der Waals surface area contributed by atoms with E-state index in [-0.39, 0.29) is 19.3 Å². The molecular formula is C73H133O24P. The normalized spacial score (nSPS) is 27.7. The zero-order valence-electron chi connectivity index (χ0n) is 59.8. The van der Waals surface area contributed by atoms with Gasteiger partial charge in [0.2, 0.25) is 0 Å². The Labute approximate surface area is 585 Å². The van der Waals surface area contributed by atoms with E-state index in [1.807, 2.05) is 0 Å². The molecule has 2 heterocycles. The van der Waals surface area contributed by atoms with Crippen LogP contribution in [0.1, 0.15) is 290 Å². The lowest BCUT2D eigenvalue weighted by Crippen LogP contribution is -2.69. The number of unbranched alkanes of at least 4 members (excludes halogenated alkanes) is 34. The highest BCUT2D eigenvalue weighted by Gasteiger charge is 2.58. The first kappa shape index (κ1) is 89.7. The molecule has 11 N–H and O–H groups in total. The number of phosphoric ester groups is 1. The maximum atomic E-state index is 14.3. The van der Waals surface area contributed by atoms with Crippen molar-refractivity contribution in [1.29, 1.82) is 0 Å². The fraction of sp³-hybridized carbons (Fsp3) is 0.904. The molecule has 2 saturated heterocycles. The molecule has 3 aliphatic rings. The molecule has 98 heavy (non-hydrogen) atoms. The molecule has 3 fully saturated rings. The van der Waals surface area contributed by atoms with Crippen molar-refractivity contribution in [2.24, 2.45) is 0 Å². The number of ether oxygens (including phenoxy) is 7. The molecule has 1 aliphatic carbocycles. The minimum atomic E-state index is -5.70. The van der Waals surface area contributed by atoms with Gasteiger partial charge in [0.15, 0.2) is 18.7 Å². The Kier molecular flexibility index (Phi) is 50.3. The summed E-state index contributed by atoms with van der Waals surface area (Å²) in [6, 6.07) is 0. The van der Waals surface area contributed by atoms with Crippen LogP contribution in [0, 0.1) is 0 Å². The van der Waals surface area contributed by atoms with Gasteiger partial charge in [-0.2, -0.15) is 0 Å². The van der Waals surface area contributed by atoms with Crippen LogP contribution in [-0.2, 0) is 61.2 Å². The van der Waals surface area contributed by atoms with Crippen LogP contribution in [0.25, 0.3) is 0 Å². The average molecular weight is 1430 g/mol. The average Bonchev–Trinajstić information content (AvgIpc) is 0.763. The van der Waals surface area contributed by atoms with Crippen molar-refractivity contribution >= 4 is 25.7 Å². The van der Waals surface area contributed by atoms with Crippen molar-refractivity contribution in [1.82, 2.24) is 0 Å². The summed E-state index contributed by atoms with van der Waals surface area (Å²) in [5.41, 5.74) is 0. The Morgan fingerprint density at radius 1 is 0.388 bits per heavy atom. The van der Waals surface area contributed by atoms with Gasteiger partial charge in [-0.1, -0.05) is 225 Å². The highest BCUT2D eigenvalue weighted by Crippen LogP contribution is 2.49. The number of carbonyl (C=O) groups excluding carboxylic acids is 3. The summed E-state index contributed by atoms with van der Waals surface area (Å²) in [5.74, 6) is -2.01. The summed E-state index contributed by atoms with van der Waals surface area (Å²) < 4.78 is 65.0. The van der Waals surface area contributed by atoms with Crippen LogP contribution in [0.15, 0.2) is 24.3 Å². The van der Waals surface area contributed by atoms with Gasteiger partial charge in [0.1, 0.15) is 98.7 Å². The standard InChI is InChI=1S/C73H133O24P/c1-4-7-10-13-16-19-22-25-27-30-32-35-38-41-44-47-57(75)89-51-54(92-59(77)49-46-43-40-37-34-29-24-21-18-15-12-9-6-3)52-91-98(87,88)97-71-69(95-72-67(85)62(80)60(78)55(50-74)93-72)65(83)64(82)66(84)70(71)96-73-68(86)63(81)61(79)56(94-73)53-90-58(76)48-45-42-39-36-33-31-28-26-23-20-17-14-11-8-5-2/h20,23,29,34,54-56,60-74,78-86H,4-19,21-22,24-28,30-33,35-53H2,1-3H3,(H,87,88)/b23-20-,34-29-. The van der Waals surface area contributed by atoms with Gasteiger partial charge in [-0.25, -0.2) is 4.57 Å². The van der Waals surface area contributed by atoms with Crippen molar-refractivity contribution in [3.63, 3.8) is 0 Å². The number of rotatable bonds is 59. The summed E-state index contributed by atoms with van der Waals surface area (Å²) in [4.78, 5) is 51.0. The van der Waals surface area contributed by atoms with Crippen molar-refractivity contribution in [2.45, 2.75) is 395 Å². The monoisotopic (exact) mass is 1420 g/mol. The third-order valence-electron chi connectivity index (χ3n) is 18.7. The van der Waals surface area contributed by atoms with Crippen molar-refractivity contribution in [3.05, 3.63) is 24.3 Å². The first-order valence-corrected chi connectivity index (χ1v) is 39.6. The van der Waals surface area contributed by atoms with Crippen molar-refractivity contribution in [3.8, 4) is 0 Å². The molecule has 0 bridgehead atoms. The van der Waals surface area contributed by atoms with Crippen LogP contribution in [0.4, 0.5) is 0 Å². The molecule has 574 valence electrons. The number of aliphatic hydroxyl groups is 10. The van der Waals surface area contributed by atoms with Crippen LogP contribution in [-0.4, -0.2) is 204 Å². The van der Waals surface area contributed by atoms with E-state index in [1.54, 1.807) is 0 Å². The molecule has 25 heteroatoms. The van der Waals surface area contributed by atoms with Crippen LogP contribution < -0.4 is 0 Å². The quantitative estimate of drug-likeness (QED) is 0.00886. The fourth-order valence-corrected chi connectivity index (χ4v) is 13.4. The van der Waals surface area contributed by atoms with Crippen molar-refractivity contribution < 1.29 is 117 Å². The number of esters is 3. The first-order valence-electron chi connectivity index (χ1n) is 38.1. The number of aliphatic hydroxyl groups excluding tert-OH is 10. The molecule has 0 spiro atoms. The van der Waals surface area contributed by atoms with E-state index in [2.05, 4.69) is 45.1 Å². The Morgan fingerprint density at radius 3 is 1.12 bits per heavy atom. The van der Waals surface area contributed by atoms with Gasteiger partial charge in [-0.15, -0.1) is 0 Å². The third kappa shape index (κ3) is 37.7. The molecular weight excluding hydrogens is 1290 g/mol. The van der Waals surface area contributed by atoms with Gasteiger partial charge in [-0.3, -0.25) is 23.4 Å². The van der Waals surface area contributed by atoms with Gasteiger partial charge in [0.25, 0.3) is 0 Å². The molecule has 1 saturated carbocycles.